The second-order valence-corrected chi connectivity index (χ2v) is 7.42. The smallest absolute Gasteiger partial charge is 0.327 e. The quantitative estimate of drug-likeness (QED) is 0.552. The van der Waals surface area contributed by atoms with E-state index in [1.54, 1.807) is 6.92 Å². The zero-order valence-electron chi connectivity index (χ0n) is 14.0. The highest BCUT2D eigenvalue weighted by atomic mass is 35.5. The molecule has 3 N–H and O–H groups in total. The van der Waals surface area contributed by atoms with E-state index in [9.17, 15) is 23.1 Å². The van der Waals surface area contributed by atoms with Crippen LogP contribution in [0.1, 0.15) is 20.8 Å². The molecule has 0 unspecified atom stereocenters. The van der Waals surface area contributed by atoms with Crippen molar-refractivity contribution < 1.29 is 27.9 Å². The average Bonchev–Trinajstić information content (AvgIpc) is 2.52. The molecule has 1 aromatic rings. The molecule has 8 nitrogen and oxygen atoms in total. The van der Waals surface area contributed by atoms with E-state index >= 15 is 0 Å². The second-order valence-electron chi connectivity index (χ2n) is 5.27. The number of benzene rings is 1. The van der Waals surface area contributed by atoms with Gasteiger partial charge in [-0.3, -0.25) is 9.59 Å². The number of ether oxygens (including phenoxy) is 1. The summed E-state index contributed by atoms with van der Waals surface area (Å²) in [4.78, 5) is 23.6. The standard InChI is InChI=1S/C15H21ClN2O6S/c1-4-17-14(20)10(3)24-15(21)13(9(2)19)18-25(22,23)12-7-5-11(16)6-8-12/h5-10,13,18-19H,4H2,1-3H3,(H,17,20)/t9-,10+,13+/m1/s1. The number of carbonyl (C=O) groups excluding carboxylic acids is 2. The van der Waals surface area contributed by atoms with Crippen LogP contribution in [0.15, 0.2) is 29.2 Å². The molecule has 0 bridgehead atoms. The van der Waals surface area contributed by atoms with Crippen molar-refractivity contribution in [1.29, 1.82) is 0 Å². The number of amides is 1. The minimum atomic E-state index is -4.10. The van der Waals surface area contributed by atoms with Crippen LogP contribution in [0.2, 0.25) is 5.02 Å². The molecule has 0 saturated heterocycles. The summed E-state index contributed by atoms with van der Waals surface area (Å²) in [6.45, 7) is 4.62. The molecule has 10 heteroatoms. The molecule has 0 aliphatic rings. The fourth-order valence-corrected chi connectivity index (χ4v) is 3.20. The zero-order valence-corrected chi connectivity index (χ0v) is 15.6. The van der Waals surface area contributed by atoms with Crippen molar-refractivity contribution in [3.05, 3.63) is 29.3 Å². The molecule has 0 spiro atoms. The van der Waals surface area contributed by atoms with Gasteiger partial charge in [-0.05, 0) is 45.0 Å². The van der Waals surface area contributed by atoms with Crippen LogP contribution in [0, 0.1) is 0 Å². The van der Waals surface area contributed by atoms with Gasteiger partial charge >= 0.3 is 5.97 Å². The fourth-order valence-electron chi connectivity index (χ4n) is 1.81. The van der Waals surface area contributed by atoms with Crippen LogP contribution in [0.25, 0.3) is 0 Å². The number of hydrogen-bond donors (Lipinski definition) is 3. The Hall–Kier alpha value is -1.68. The minimum Gasteiger partial charge on any atom is -0.451 e. The van der Waals surface area contributed by atoms with Crippen LogP contribution in [0.5, 0.6) is 0 Å². The van der Waals surface area contributed by atoms with E-state index in [2.05, 4.69) is 10.0 Å². The van der Waals surface area contributed by atoms with Crippen molar-refractivity contribution in [2.75, 3.05) is 6.54 Å². The Morgan fingerprint density at radius 2 is 1.80 bits per heavy atom. The lowest BCUT2D eigenvalue weighted by Crippen LogP contribution is -2.50. The van der Waals surface area contributed by atoms with Crippen molar-refractivity contribution in [1.82, 2.24) is 10.0 Å². The number of aliphatic hydroxyl groups is 1. The number of hydrogen-bond acceptors (Lipinski definition) is 6. The van der Waals surface area contributed by atoms with Crippen LogP contribution in [0.4, 0.5) is 0 Å². The van der Waals surface area contributed by atoms with E-state index in [-0.39, 0.29) is 4.90 Å². The molecule has 0 fully saturated rings. The van der Waals surface area contributed by atoms with Crippen molar-refractivity contribution in [2.24, 2.45) is 0 Å². The lowest BCUT2D eigenvalue weighted by atomic mass is 10.2. The Morgan fingerprint density at radius 1 is 1.24 bits per heavy atom. The van der Waals surface area contributed by atoms with E-state index in [0.29, 0.717) is 11.6 Å². The van der Waals surface area contributed by atoms with Crippen molar-refractivity contribution >= 4 is 33.5 Å². The van der Waals surface area contributed by atoms with E-state index in [1.807, 2.05) is 0 Å². The number of likely N-dealkylation sites (N-methyl/N-ethyl adjacent to an activating group) is 1. The first-order chi connectivity index (χ1) is 11.6. The van der Waals surface area contributed by atoms with Gasteiger partial charge < -0.3 is 15.2 Å². The van der Waals surface area contributed by atoms with E-state index < -0.39 is 40.1 Å². The summed E-state index contributed by atoms with van der Waals surface area (Å²) in [5.74, 6) is -1.59. The molecule has 0 aliphatic heterocycles. The Balaban J connectivity index is 2.91. The van der Waals surface area contributed by atoms with E-state index in [1.165, 1.54) is 38.1 Å². The first-order valence-corrected chi connectivity index (χ1v) is 9.38. The minimum absolute atomic E-state index is 0.132. The molecule has 25 heavy (non-hydrogen) atoms. The summed E-state index contributed by atoms with van der Waals surface area (Å²) in [6, 6.07) is 3.70. The monoisotopic (exact) mass is 392 g/mol. The van der Waals surface area contributed by atoms with Crippen molar-refractivity contribution in [3.63, 3.8) is 0 Å². The molecule has 0 aliphatic carbocycles. The highest BCUT2D eigenvalue weighted by Crippen LogP contribution is 2.15. The Labute approximate surface area is 151 Å². The van der Waals surface area contributed by atoms with Gasteiger partial charge in [0.25, 0.3) is 5.91 Å². The predicted molar refractivity (Wildman–Crippen MR) is 91.5 cm³/mol. The van der Waals surface area contributed by atoms with E-state index in [0.717, 1.165) is 0 Å². The van der Waals surface area contributed by atoms with Gasteiger partial charge in [0.1, 0.15) is 6.04 Å². The van der Waals surface area contributed by atoms with Gasteiger partial charge in [-0.15, -0.1) is 0 Å². The van der Waals surface area contributed by atoms with Crippen LogP contribution < -0.4 is 10.0 Å². The molecule has 1 rings (SSSR count). The summed E-state index contributed by atoms with van der Waals surface area (Å²) < 4.78 is 31.7. The molecule has 3 atom stereocenters. The summed E-state index contributed by atoms with van der Waals surface area (Å²) in [6.07, 6.45) is -2.51. The van der Waals surface area contributed by atoms with Gasteiger partial charge in [0, 0.05) is 11.6 Å². The van der Waals surface area contributed by atoms with Crippen LogP contribution in [-0.2, 0) is 24.3 Å². The summed E-state index contributed by atoms with van der Waals surface area (Å²) in [5, 5.41) is 12.6. The molecular weight excluding hydrogens is 372 g/mol. The summed E-state index contributed by atoms with van der Waals surface area (Å²) >= 11 is 5.71. The molecule has 1 amide bonds. The van der Waals surface area contributed by atoms with Crippen molar-refractivity contribution in [3.8, 4) is 0 Å². The van der Waals surface area contributed by atoms with Gasteiger partial charge in [-0.25, -0.2) is 8.42 Å². The lowest BCUT2D eigenvalue weighted by Gasteiger charge is -2.22. The molecule has 0 radical (unpaired) electrons. The number of aliphatic hydroxyl groups excluding tert-OH is 1. The fraction of sp³-hybridized carbons (Fsp3) is 0.467. The molecule has 1 aromatic carbocycles. The molecule has 0 saturated carbocycles. The van der Waals surface area contributed by atoms with Gasteiger partial charge in [0.05, 0.1) is 11.0 Å². The normalized spacial score (nSPS) is 15.1. The number of sulfonamides is 1. The van der Waals surface area contributed by atoms with Gasteiger partial charge in [0.15, 0.2) is 6.10 Å². The maximum absolute atomic E-state index is 12.3. The topological polar surface area (TPSA) is 122 Å². The van der Waals surface area contributed by atoms with Gasteiger partial charge in [0.2, 0.25) is 10.0 Å². The number of halogens is 1. The first kappa shape index (κ1) is 21.4. The Bertz CT molecular complexity index is 705. The second kappa shape index (κ2) is 9.14. The molecule has 0 aromatic heterocycles. The van der Waals surface area contributed by atoms with Crippen LogP contribution in [-0.4, -0.2) is 50.2 Å². The maximum Gasteiger partial charge on any atom is 0.327 e. The highest BCUT2D eigenvalue weighted by Gasteiger charge is 2.32. The first-order valence-electron chi connectivity index (χ1n) is 7.52. The third kappa shape index (κ3) is 6.28. The summed E-state index contributed by atoms with van der Waals surface area (Å²) in [5.41, 5.74) is 0. The highest BCUT2D eigenvalue weighted by molar-refractivity contribution is 7.89. The number of nitrogens with one attached hydrogen (secondary N) is 2. The lowest BCUT2D eigenvalue weighted by molar-refractivity contribution is -0.158. The van der Waals surface area contributed by atoms with Crippen molar-refractivity contribution in [2.45, 2.75) is 43.9 Å². The molecule has 140 valence electrons. The SMILES string of the molecule is CCNC(=O)[C@H](C)OC(=O)[C@@H](NS(=O)(=O)c1ccc(Cl)cc1)[C@@H](C)O. The molecular formula is C15H21ClN2O6S. The van der Waals surface area contributed by atoms with Gasteiger partial charge in [-0.1, -0.05) is 11.6 Å². The summed E-state index contributed by atoms with van der Waals surface area (Å²) in [7, 11) is -4.10. The largest absolute Gasteiger partial charge is 0.451 e. The third-order valence-corrected chi connectivity index (χ3v) is 4.86. The zero-order chi connectivity index (χ0) is 19.2. The maximum atomic E-state index is 12.3. The average molecular weight is 393 g/mol. The Kier molecular flexibility index (Phi) is 7.81. The van der Waals surface area contributed by atoms with Gasteiger partial charge in [-0.2, -0.15) is 4.72 Å². The number of esters is 1. The van der Waals surface area contributed by atoms with Crippen LogP contribution in [0.3, 0.4) is 0 Å². The third-order valence-electron chi connectivity index (χ3n) is 3.16. The number of rotatable bonds is 8. The number of carbonyl (C=O) groups is 2. The Morgan fingerprint density at radius 3 is 2.28 bits per heavy atom. The van der Waals surface area contributed by atoms with E-state index in [4.69, 9.17) is 16.3 Å². The predicted octanol–water partition coefficient (Wildman–Crippen LogP) is 0.435. The van der Waals surface area contributed by atoms with Crippen LogP contribution >= 0.6 is 11.6 Å². The molecule has 0 heterocycles.